The minimum atomic E-state index is -0.291. The molecule has 0 bridgehead atoms. The van der Waals surface area contributed by atoms with Crippen molar-refractivity contribution in [2.75, 3.05) is 7.11 Å². The molecule has 0 fully saturated rings. The molecule has 0 radical (unpaired) electrons. The molecule has 1 rings (SSSR count). The molecule has 0 aliphatic heterocycles. The van der Waals surface area contributed by atoms with Crippen molar-refractivity contribution in [2.45, 2.75) is 46.0 Å². The average Bonchev–Trinajstić information content (AvgIpc) is 2.52. The number of esters is 1. The number of hydrogen-bond acceptors (Lipinski definition) is 3. The van der Waals surface area contributed by atoms with Gasteiger partial charge in [-0.05, 0) is 24.5 Å². The lowest BCUT2D eigenvalue weighted by Gasteiger charge is -2.10. The number of rotatable bonds is 7. The van der Waals surface area contributed by atoms with Gasteiger partial charge < -0.3 is 9.53 Å². The van der Waals surface area contributed by atoms with Gasteiger partial charge in [-0.1, -0.05) is 51.3 Å². The Labute approximate surface area is 122 Å². The maximum atomic E-state index is 10.8. The third kappa shape index (κ3) is 8.46. The molecule has 3 nitrogen and oxygen atoms in total. The van der Waals surface area contributed by atoms with Gasteiger partial charge >= 0.3 is 5.97 Å². The summed E-state index contributed by atoms with van der Waals surface area (Å²) in [6.45, 7) is 4.40. The van der Waals surface area contributed by atoms with Crippen LogP contribution >= 0.6 is 0 Å². The second-order valence-electron chi connectivity index (χ2n) is 4.66. The van der Waals surface area contributed by atoms with Crippen molar-refractivity contribution in [1.82, 2.24) is 0 Å². The molecule has 1 unspecified atom stereocenters. The number of carbonyl (C=O) groups is 2. The molecule has 0 N–H and O–H groups in total. The minimum Gasteiger partial charge on any atom is -0.465 e. The minimum absolute atomic E-state index is 0.291. The van der Waals surface area contributed by atoms with Crippen LogP contribution in [0.2, 0.25) is 0 Å². The zero-order chi connectivity index (χ0) is 15.2. The van der Waals surface area contributed by atoms with Crippen molar-refractivity contribution in [1.29, 1.82) is 0 Å². The number of ether oxygens (including phenoxy) is 1. The van der Waals surface area contributed by atoms with Crippen LogP contribution in [0.15, 0.2) is 30.3 Å². The van der Waals surface area contributed by atoms with Gasteiger partial charge in [0.1, 0.15) is 6.29 Å². The quantitative estimate of drug-likeness (QED) is 0.552. The lowest BCUT2D eigenvalue weighted by Crippen LogP contribution is -1.99. The van der Waals surface area contributed by atoms with E-state index >= 15 is 0 Å². The lowest BCUT2D eigenvalue weighted by molar-refractivity contribution is -0.108. The van der Waals surface area contributed by atoms with Crippen LogP contribution in [0.4, 0.5) is 0 Å². The Morgan fingerprint density at radius 1 is 1.20 bits per heavy atom. The third-order valence-corrected chi connectivity index (χ3v) is 3.16. The number of hydrogen-bond donors (Lipinski definition) is 0. The Morgan fingerprint density at radius 3 is 2.30 bits per heavy atom. The monoisotopic (exact) mass is 278 g/mol. The summed E-state index contributed by atoms with van der Waals surface area (Å²) in [7, 11) is 1.37. The molecule has 0 aliphatic rings. The number of benzene rings is 1. The van der Waals surface area contributed by atoms with Gasteiger partial charge in [-0.25, -0.2) is 4.79 Å². The van der Waals surface area contributed by atoms with Crippen molar-refractivity contribution in [3.05, 3.63) is 35.9 Å². The van der Waals surface area contributed by atoms with E-state index in [-0.39, 0.29) is 5.97 Å². The fourth-order valence-corrected chi connectivity index (χ4v) is 1.96. The van der Waals surface area contributed by atoms with Crippen molar-refractivity contribution in [3.8, 4) is 0 Å². The lowest BCUT2D eigenvalue weighted by atomic mass is 9.96. The molecule has 1 aromatic carbocycles. The van der Waals surface area contributed by atoms with E-state index in [2.05, 4.69) is 18.6 Å². The summed E-state index contributed by atoms with van der Waals surface area (Å²) in [5.41, 5.74) is 0.588. The van der Waals surface area contributed by atoms with Crippen LogP contribution in [0.5, 0.6) is 0 Å². The fourth-order valence-electron chi connectivity index (χ4n) is 1.96. The van der Waals surface area contributed by atoms with Gasteiger partial charge in [0.05, 0.1) is 12.7 Å². The SMILES string of the molecule is CCCC(CC)CCC=O.COC(=O)c1ccccc1. The van der Waals surface area contributed by atoms with E-state index in [1.807, 2.05) is 6.07 Å². The normalized spacial score (nSPS) is 10.9. The van der Waals surface area contributed by atoms with E-state index in [0.717, 1.165) is 25.0 Å². The van der Waals surface area contributed by atoms with Crippen LogP contribution in [-0.4, -0.2) is 19.4 Å². The number of carbonyl (C=O) groups excluding carboxylic acids is 2. The van der Waals surface area contributed by atoms with Crippen LogP contribution < -0.4 is 0 Å². The summed E-state index contributed by atoms with van der Waals surface area (Å²) < 4.78 is 4.50. The first-order valence-electron chi connectivity index (χ1n) is 7.26. The highest BCUT2D eigenvalue weighted by atomic mass is 16.5. The summed E-state index contributed by atoms with van der Waals surface area (Å²) in [4.78, 5) is 20.8. The maximum absolute atomic E-state index is 10.8. The van der Waals surface area contributed by atoms with Crippen LogP contribution in [0, 0.1) is 5.92 Å². The van der Waals surface area contributed by atoms with E-state index in [0.29, 0.717) is 5.56 Å². The Bertz CT molecular complexity index is 360. The molecule has 0 aromatic heterocycles. The van der Waals surface area contributed by atoms with Crippen molar-refractivity contribution < 1.29 is 14.3 Å². The van der Waals surface area contributed by atoms with Gasteiger partial charge in [0.2, 0.25) is 0 Å². The van der Waals surface area contributed by atoms with Crippen LogP contribution in [0.25, 0.3) is 0 Å². The maximum Gasteiger partial charge on any atom is 0.337 e. The van der Waals surface area contributed by atoms with Gasteiger partial charge in [0, 0.05) is 6.42 Å². The summed E-state index contributed by atoms with van der Waals surface area (Å²) >= 11 is 0. The summed E-state index contributed by atoms with van der Waals surface area (Å²) in [6, 6.07) is 8.88. The van der Waals surface area contributed by atoms with E-state index in [4.69, 9.17) is 0 Å². The second-order valence-corrected chi connectivity index (χ2v) is 4.66. The standard InChI is InChI=1S/C9H18O.C8H8O2/c1-3-6-9(4-2)7-5-8-10;1-10-8(9)7-5-3-2-4-6-7/h8-9H,3-7H2,1-2H3;2-6H,1H3. The molecule has 1 aromatic rings. The van der Waals surface area contributed by atoms with Gasteiger partial charge in [-0.3, -0.25) is 0 Å². The predicted molar refractivity (Wildman–Crippen MR) is 81.8 cm³/mol. The van der Waals surface area contributed by atoms with Crippen molar-refractivity contribution in [2.24, 2.45) is 5.92 Å². The molecule has 0 aliphatic carbocycles. The largest absolute Gasteiger partial charge is 0.465 e. The topological polar surface area (TPSA) is 43.4 Å². The van der Waals surface area contributed by atoms with Gasteiger partial charge in [0.15, 0.2) is 0 Å². The van der Waals surface area contributed by atoms with Crippen LogP contribution in [0.3, 0.4) is 0 Å². The van der Waals surface area contributed by atoms with E-state index in [1.165, 1.54) is 26.4 Å². The highest BCUT2D eigenvalue weighted by Crippen LogP contribution is 2.15. The van der Waals surface area contributed by atoms with Crippen LogP contribution in [0.1, 0.15) is 56.3 Å². The van der Waals surface area contributed by atoms with Gasteiger partial charge in [0.25, 0.3) is 0 Å². The van der Waals surface area contributed by atoms with Gasteiger partial charge in [-0.2, -0.15) is 0 Å². The van der Waals surface area contributed by atoms with Crippen LogP contribution in [-0.2, 0) is 9.53 Å². The molecule has 0 spiro atoms. The first-order valence-corrected chi connectivity index (χ1v) is 7.26. The third-order valence-electron chi connectivity index (χ3n) is 3.16. The molecule has 1 atom stereocenters. The molecular formula is C17H26O3. The Hall–Kier alpha value is -1.64. The van der Waals surface area contributed by atoms with E-state index < -0.39 is 0 Å². The Morgan fingerprint density at radius 2 is 1.85 bits per heavy atom. The number of aldehydes is 1. The summed E-state index contributed by atoms with van der Waals surface area (Å²) in [6.07, 6.45) is 6.62. The molecule has 0 saturated carbocycles. The zero-order valence-corrected chi connectivity index (χ0v) is 12.8. The summed E-state index contributed by atoms with van der Waals surface area (Å²) in [5, 5.41) is 0. The molecule has 3 heteroatoms. The molecule has 112 valence electrons. The Kier molecular flexibility index (Phi) is 11.4. The smallest absolute Gasteiger partial charge is 0.337 e. The first kappa shape index (κ1) is 18.4. The molecule has 0 saturated heterocycles. The fraction of sp³-hybridized carbons (Fsp3) is 0.529. The summed E-state index contributed by atoms with van der Waals surface area (Å²) in [5.74, 6) is 0.496. The highest BCUT2D eigenvalue weighted by Gasteiger charge is 2.03. The van der Waals surface area contributed by atoms with Crippen molar-refractivity contribution >= 4 is 12.3 Å². The van der Waals surface area contributed by atoms with Crippen molar-refractivity contribution in [3.63, 3.8) is 0 Å². The second kappa shape index (κ2) is 12.4. The Balaban J connectivity index is 0.000000361. The van der Waals surface area contributed by atoms with Gasteiger partial charge in [-0.15, -0.1) is 0 Å². The predicted octanol–water partition coefficient (Wildman–Crippen LogP) is 4.27. The molecule has 0 heterocycles. The molecular weight excluding hydrogens is 252 g/mol. The van der Waals surface area contributed by atoms with E-state index in [9.17, 15) is 9.59 Å². The first-order chi connectivity index (χ1) is 9.69. The highest BCUT2D eigenvalue weighted by molar-refractivity contribution is 5.89. The average molecular weight is 278 g/mol. The van der Waals surface area contributed by atoms with E-state index in [1.54, 1.807) is 24.3 Å². The number of methoxy groups -OCH3 is 1. The zero-order valence-electron chi connectivity index (χ0n) is 12.8. The molecule has 0 amide bonds. The molecule has 20 heavy (non-hydrogen) atoms.